The molecule has 0 N–H and O–H groups in total. The molecule has 0 aliphatic heterocycles. The first-order chi connectivity index (χ1) is 17.9. The molecule has 0 aromatic carbocycles. The van der Waals surface area contributed by atoms with Crippen molar-refractivity contribution in [1.29, 1.82) is 0 Å². The molecule has 0 unspecified atom stereocenters. The largest absolute Gasteiger partial charge is 0.255 e. The smallest absolute Gasteiger partial charge is 0.0886 e. The van der Waals surface area contributed by atoms with Crippen LogP contribution in [0.25, 0.3) is 34.2 Å². The van der Waals surface area contributed by atoms with Gasteiger partial charge in [-0.15, -0.1) is 0 Å². The molecule has 0 saturated heterocycles. The van der Waals surface area contributed by atoms with Crippen LogP contribution < -0.4 is 0 Å². The van der Waals surface area contributed by atoms with Crippen molar-refractivity contribution < 1.29 is 16.8 Å². The molecule has 7 heteroatoms. The number of hydrogen-bond acceptors (Lipinski definition) is 6. The standard InChI is InChI=1S/3C10H8N2.Co/c3*1-3-7-11-9(5-1)10-6-2-4-8-12-10;/h3*1-8H;. The fraction of sp³-hybridized carbons (Fsp3) is 0. The van der Waals surface area contributed by atoms with Gasteiger partial charge in [0.2, 0.25) is 0 Å². The quantitative estimate of drug-likeness (QED) is 0.264. The fourth-order valence-corrected chi connectivity index (χ4v) is 3.09. The molecular weight excluding hydrogens is 503 g/mol. The summed E-state index contributed by atoms with van der Waals surface area (Å²) < 4.78 is 0. The van der Waals surface area contributed by atoms with Crippen molar-refractivity contribution in [3.8, 4) is 34.2 Å². The molecule has 6 heterocycles. The van der Waals surface area contributed by atoms with E-state index in [1.165, 1.54) is 0 Å². The Bertz CT molecular complexity index is 1100. The molecule has 0 amide bonds. The Kier molecular flexibility index (Phi) is 11.2. The van der Waals surface area contributed by atoms with Gasteiger partial charge in [-0.25, -0.2) is 0 Å². The molecule has 6 rings (SSSR count). The molecule has 0 aliphatic rings. The van der Waals surface area contributed by atoms with Crippen molar-refractivity contribution >= 4 is 0 Å². The number of nitrogens with zero attached hydrogens (tertiary/aromatic N) is 6. The van der Waals surface area contributed by atoms with Gasteiger partial charge in [0.25, 0.3) is 0 Å². The third kappa shape index (κ3) is 8.85. The second-order valence-electron chi connectivity index (χ2n) is 7.29. The van der Waals surface area contributed by atoms with Gasteiger partial charge in [-0.1, -0.05) is 36.4 Å². The fourth-order valence-electron chi connectivity index (χ4n) is 3.09. The first kappa shape index (κ1) is 27.0. The second kappa shape index (κ2) is 15.4. The monoisotopic (exact) mass is 527 g/mol. The summed E-state index contributed by atoms with van der Waals surface area (Å²) in [5.74, 6) is 0. The zero-order valence-corrected chi connectivity index (χ0v) is 20.9. The minimum absolute atomic E-state index is 0. The minimum atomic E-state index is 0. The molecule has 0 bridgehead atoms. The van der Waals surface area contributed by atoms with Crippen LogP contribution in [0.4, 0.5) is 0 Å². The maximum Gasteiger partial charge on any atom is 0.0886 e. The van der Waals surface area contributed by atoms with E-state index in [1.54, 1.807) is 37.2 Å². The van der Waals surface area contributed by atoms with Crippen LogP contribution >= 0.6 is 0 Å². The van der Waals surface area contributed by atoms with Gasteiger partial charge < -0.3 is 0 Å². The average molecular weight is 527 g/mol. The van der Waals surface area contributed by atoms with E-state index < -0.39 is 0 Å². The van der Waals surface area contributed by atoms with Crippen molar-refractivity contribution in [2.24, 2.45) is 0 Å². The zero-order chi connectivity index (χ0) is 24.7. The Labute approximate surface area is 226 Å². The van der Waals surface area contributed by atoms with E-state index in [2.05, 4.69) is 29.9 Å². The molecule has 37 heavy (non-hydrogen) atoms. The van der Waals surface area contributed by atoms with Crippen LogP contribution in [0, 0.1) is 0 Å². The van der Waals surface area contributed by atoms with Gasteiger partial charge in [0.1, 0.15) is 0 Å². The first-order valence-electron chi connectivity index (χ1n) is 11.4. The Morgan fingerprint density at radius 2 is 0.405 bits per heavy atom. The van der Waals surface area contributed by atoms with E-state index in [1.807, 2.05) is 109 Å². The predicted octanol–water partition coefficient (Wildman–Crippen LogP) is 6.43. The van der Waals surface area contributed by atoms with Gasteiger partial charge in [0.05, 0.1) is 34.2 Å². The Balaban J connectivity index is 0.000000152. The third-order valence-electron chi connectivity index (χ3n) is 4.78. The molecule has 0 saturated carbocycles. The molecule has 6 aromatic rings. The second-order valence-corrected chi connectivity index (χ2v) is 7.29. The molecule has 0 fully saturated rings. The van der Waals surface area contributed by atoms with Crippen molar-refractivity contribution in [3.63, 3.8) is 0 Å². The molecule has 6 aromatic heterocycles. The Hall–Kier alpha value is -4.59. The number of pyridine rings is 6. The van der Waals surface area contributed by atoms with Crippen LogP contribution in [-0.4, -0.2) is 29.9 Å². The van der Waals surface area contributed by atoms with Gasteiger partial charge in [-0.2, -0.15) is 0 Å². The predicted molar refractivity (Wildman–Crippen MR) is 142 cm³/mol. The van der Waals surface area contributed by atoms with Gasteiger partial charge in [-0.3, -0.25) is 29.9 Å². The summed E-state index contributed by atoms with van der Waals surface area (Å²) in [6, 6.07) is 34.8. The number of rotatable bonds is 3. The maximum absolute atomic E-state index is 4.19. The van der Waals surface area contributed by atoms with Crippen LogP contribution in [0.2, 0.25) is 0 Å². The van der Waals surface area contributed by atoms with Crippen molar-refractivity contribution in [2.75, 3.05) is 0 Å². The molecule has 0 spiro atoms. The molecule has 183 valence electrons. The summed E-state index contributed by atoms with van der Waals surface area (Å²) in [5.41, 5.74) is 5.49. The Morgan fingerprint density at radius 1 is 0.243 bits per heavy atom. The van der Waals surface area contributed by atoms with Crippen molar-refractivity contribution in [1.82, 2.24) is 29.9 Å². The molecule has 0 atom stereocenters. The molecule has 0 aliphatic carbocycles. The van der Waals surface area contributed by atoms with E-state index in [0.29, 0.717) is 0 Å². The summed E-state index contributed by atoms with van der Waals surface area (Å²) in [6.07, 6.45) is 10.6. The SMILES string of the molecule is [Co].c1ccc(-c2ccccn2)nc1.c1ccc(-c2ccccn2)nc1.c1ccc(-c2ccccn2)nc1. The Morgan fingerprint density at radius 3 is 0.514 bits per heavy atom. The third-order valence-corrected chi connectivity index (χ3v) is 4.78. The van der Waals surface area contributed by atoms with Gasteiger partial charge in [0.15, 0.2) is 0 Å². The van der Waals surface area contributed by atoms with Crippen LogP contribution in [0.5, 0.6) is 0 Å². The van der Waals surface area contributed by atoms with Crippen LogP contribution in [-0.2, 0) is 16.8 Å². The molecule has 6 nitrogen and oxygen atoms in total. The van der Waals surface area contributed by atoms with Crippen LogP contribution in [0.15, 0.2) is 146 Å². The summed E-state index contributed by atoms with van der Waals surface area (Å²) in [4.78, 5) is 25.1. The van der Waals surface area contributed by atoms with Crippen LogP contribution in [0.3, 0.4) is 0 Å². The van der Waals surface area contributed by atoms with E-state index >= 15 is 0 Å². The summed E-state index contributed by atoms with van der Waals surface area (Å²) in [5, 5.41) is 0. The molecule has 1 radical (unpaired) electrons. The minimum Gasteiger partial charge on any atom is -0.255 e. The van der Waals surface area contributed by atoms with Crippen molar-refractivity contribution in [3.05, 3.63) is 146 Å². The summed E-state index contributed by atoms with van der Waals surface area (Å²) in [7, 11) is 0. The van der Waals surface area contributed by atoms with Gasteiger partial charge in [-0.05, 0) is 72.8 Å². The van der Waals surface area contributed by atoms with Crippen LogP contribution in [0.1, 0.15) is 0 Å². The van der Waals surface area contributed by atoms with Gasteiger partial charge >= 0.3 is 0 Å². The van der Waals surface area contributed by atoms with Crippen molar-refractivity contribution in [2.45, 2.75) is 0 Å². The van der Waals surface area contributed by atoms with E-state index in [4.69, 9.17) is 0 Å². The van der Waals surface area contributed by atoms with Gasteiger partial charge in [0, 0.05) is 54.0 Å². The summed E-state index contributed by atoms with van der Waals surface area (Å²) in [6.45, 7) is 0. The summed E-state index contributed by atoms with van der Waals surface area (Å²) >= 11 is 0. The average Bonchev–Trinajstić information content (AvgIpc) is 3.01. The van der Waals surface area contributed by atoms with E-state index in [0.717, 1.165) is 34.2 Å². The molecular formula is C30H24CoN6. The number of hydrogen-bond donors (Lipinski definition) is 0. The van der Waals surface area contributed by atoms with E-state index in [-0.39, 0.29) is 16.8 Å². The number of aromatic nitrogens is 6. The zero-order valence-electron chi connectivity index (χ0n) is 19.9. The van der Waals surface area contributed by atoms with E-state index in [9.17, 15) is 0 Å². The topological polar surface area (TPSA) is 77.3 Å². The normalized spacial score (nSPS) is 9.41. The first-order valence-corrected chi connectivity index (χ1v) is 11.4. The maximum atomic E-state index is 4.19.